The lowest BCUT2D eigenvalue weighted by molar-refractivity contribution is -0.385. The van der Waals surface area contributed by atoms with Crippen LogP contribution < -0.4 is 4.74 Å². The van der Waals surface area contributed by atoms with Gasteiger partial charge in [0.25, 0.3) is 5.69 Å². The molecule has 6 heteroatoms. The highest BCUT2D eigenvalue weighted by atomic mass is 79.9. The number of benzene rings is 1. The Bertz CT molecular complexity index is 486. The highest BCUT2D eigenvalue weighted by Gasteiger charge is 2.32. The van der Waals surface area contributed by atoms with Crippen molar-refractivity contribution in [1.82, 2.24) is 0 Å². The summed E-state index contributed by atoms with van der Waals surface area (Å²) in [5.41, 5.74) is 0.833. The first-order chi connectivity index (χ1) is 9.56. The highest BCUT2D eigenvalue weighted by molar-refractivity contribution is 9.09. The predicted octanol–water partition coefficient (Wildman–Crippen LogP) is 3.47. The molecule has 1 aliphatic rings. The zero-order chi connectivity index (χ0) is 14.6. The predicted molar refractivity (Wildman–Crippen MR) is 79.6 cm³/mol. The van der Waals surface area contributed by atoms with Crippen LogP contribution >= 0.6 is 15.9 Å². The summed E-state index contributed by atoms with van der Waals surface area (Å²) in [6.07, 6.45) is 1.93. The second kappa shape index (κ2) is 6.54. The van der Waals surface area contributed by atoms with Crippen molar-refractivity contribution in [3.63, 3.8) is 0 Å². The first kappa shape index (κ1) is 15.3. The van der Waals surface area contributed by atoms with Crippen LogP contribution in [-0.2, 0) is 4.74 Å². The van der Waals surface area contributed by atoms with Gasteiger partial charge in [0.1, 0.15) is 5.75 Å². The number of ether oxygens (including phenoxy) is 2. The van der Waals surface area contributed by atoms with E-state index in [0.717, 1.165) is 31.4 Å². The third-order valence-electron chi connectivity index (χ3n) is 3.75. The lowest BCUT2D eigenvalue weighted by atomic mass is 9.83. The number of nitrogens with zero attached hydrogens (tertiary/aromatic N) is 1. The summed E-state index contributed by atoms with van der Waals surface area (Å²) < 4.78 is 11.2. The molecule has 0 saturated carbocycles. The molecule has 0 spiro atoms. The number of alkyl halides is 1. The maximum absolute atomic E-state index is 10.8. The maximum atomic E-state index is 10.8. The Hall–Kier alpha value is -1.14. The Morgan fingerprint density at radius 2 is 2.15 bits per heavy atom. The molecule has 2 rings (SSSR count). The van der Waals surface area contributed by atoms with Gasteiger partial charge in [-0.2, -0.15) is 0 Å². The van der Waals surface area contributed by atoms with E-state index in [-0.39, 0.29) is 16.0 Å². The molecular formula is C14H18BrNO4. The molecule has 0 N–H and O–H groups in total. The number of nitro groups is 1. The van der Waals surface area contributed by atoms with E-state index in [9.17, 15) is 10.1 Å². The van der Waals surface area contributed by atoms with Crippen molar-refractivity contribution in [2.24, 2.45) is 5.41 Å². The lowest BCUT2D eigenvalue weighted by Gasteiger charge is -2.35. The molecule has 1 saturated heterocycles. The third-order valence-corrected chi connectivity index (χ3v) is 4.94. The molecule has 1 aliphatic heterocycles. The number of rotatable bonds is 5. The van der Waals surface area contributed by atoms with Crippen LogP contribution in [0.1, 0.15) is 18.4 Å². The Balaban J connectivity index is 2.03. The quantitative estimate of drug-likeness (QED) is 0.466. The fourth-order valence-electron chi connectivity index (χ4n) is 2.28. The summed E-state index contributed by atoms with van der Waals surface area (Å²) >= 11 is 3.56. The zero-order valence-corrected chi connectivity index (χ0v) is 13.0. The third kappa shape index (κ3) is 3.49. The van der Waals surface area contributed by atoms with Crippen LogP contribution in [0.3, 0.4) is 0 Å². The van der Waals surface area contributed by atoms with Crippen molar-refractivity contribution in [2.45, 2.75) is 19.8 Å². The molecule has 0 amide bonds. The summed E-state index contributed by atoms with van der Waals surface area (Å²) in [5, 5.41) is 11.7. The smallest absolute Gasteiger partial charge is 0.272 e. The molecule has 5 nitrogen and oxygen atoms in total. The van der Waals surface area contributed by atoms with E-state index >= 15 is 0 Å². The van der Waals surface area contributed by atoms with Crippen molar-refractivity contribution >= 4 is 21.6 Å². The van der Waals surface area contributed by atoms with Gasteiger partial charge in [-0.1, -0.05) is 15.9 Å². The van der Waals surface area contributed by atoms with Crippen molar-refractivity contribution in [3.8, 4) is 5.75 Å². The SMILES string of the molecule is Cc1cc(OCC2(CBr)CCOCC2)ccc1[N+](=O)[O-]. The number of hydrogen-bond acceptors (Lipinski definition) is 4. The molecule has 0 radical (unpaired) electrons. The van der Waals surface area contributed by atoms with Gasteiger partial charge in [0.2, 0.25) is 0 Å². The first-order valence-electron chi connectivity index (χ1n) is 6.58. The van der Waals surface area contributed by atoms with Crippen LogP contribution in [0.2, 0.25) is 0 Å². The van der Waals surface area contributed by atoms with Gasteiger partial charge in [0.15, 0.2) is 0 Å². The van der Waals surface area contributed by atoms with Crippen LogP contribution in [0, 0.1) is 22.5 Å². The average Bonchev–Trinajstić information content (AvgIpc) is 2.46. The normalized spacial score (nSPS) is 17.7. The zero-order valence-electron chi connectivity index (χ0n) is 11.4. The van der Waals surface area contributed by atoms with Gasteiger partial charge >= 0.3 is 0 Å². The molecule has 1 fully saturated rings. The summed E-state index contributed by atoms with van der Waals surface area (Å²) in [7, 11) is 0. The first-order valence-corrected chi connectivity index (χ1v) is 7.70. The van der Waals surface area contributed by atoms with E-state index in [1.165, 1.54) is 6.07 Å². The molecule has 1 aromatic carbocycles. The highest BCUT2D eigenvalue weighted by Crippen LogP contribution is 2.34. The van der Waals surface area contributed by atoms with Crippen molar-refractivity contribution in [3.05, 3.63) is 33.9 Å². The van der Waals surface area contributed by atoms with Gasteiger partial charge < -0.3 is 9.47 Å². The molecule has 0 aliphatic carbocycles. The molecular weight excluding hydrogens is 326 g/mol. The second-order valence-electron chi connectivity index (χ2n) is 5.24. The molecule has 110 valence electrons. The van der Waals surface area contributed by atoms with Crippen LogP contribution in [0.25, 0.3) is 0 Å². The average molecular weight is 344 g/mol. The van der Waals surface area contributed by atoms with E-state index in [1.54, 1.807) is 19.1 Å². The Morgan fingerprint density at radius 3 is 2.70 bits per heavy atom. The van der Waals surface area contributed by atoms with Crippen LogP contribution in [0.15, 0.2) is 18.2 Å². The monoisotopic (exact) mass is 343 g/mol. The molecule has 20 heavy (non-hydrogen) atoms. The number of aryl methyl sites for hydroxylation is 1. The summed E-state index contributed by atoms with van der Waals surface area (Å²) in [6.45, 7) is 3.83. The van der Waals surface area contributed by atoms with Crippen molar-refractivity contribution in [1.29, 1.82) is 0 Å². The van der Waals surface area contributed by atoms with Gasteiger partial charge in [0, 0.05) is 35.6 Å². The number of hydrogen-bond donors (Lipinski definition) is 0. The summed E-state index contributed by atoms with van der Waals surface area (Å²) in [4.78, 5) is 10.4. The fraction of sp³-hybridized carbons (Fsp3) is 0.571. The van der Waals surface area contributed by atoms with Crippen LogP contribution in [0.5, 0.6) is 5.75 Å². The molecule has 0 unspecified atom stereocenters. The topological polar surface area (TPSA) is 61.6 Å². The second-order valence-corrected chi connectivity index (χ2v) is 5.80. The molecule has 1 aromatic rings. The van der Waals surface area contributed by atoms with E-state index in [4.69, 9.17) is 9.47 Å². The minimum absolute atomic E-state index is 0.0912. The van der Waals surface area contributed by atoms with Crippen molar-refractivity contribution < 1.29 is 14.4 Å². The standard InChI is InChI=1S/C14H18BrNO4/c1-11-8-12(2-3-13(11)16(17)18)20-10-14(9-15)4-6-19-7-5-14/h2-3,8H,4-7,9-10H2,1H3. The van der Waals surface area contributed by atoms with Gasteiger partial charge in [-0.15, -0.1) is 0 Å². The lowest BCUT2D eigenvalue weighted by Crippen LogP contribution is -2.36. The Morgan fingerprint density at radius 1 is 1.45 bits per heavy atom. The molecule has 0 aromatic heterocycles. The minimum atomic E-state index is -0.377. The van der Waals surface area contributed by atoms with Gasteiger partial charge in [-0.05, 0) is 31.9 Å². The maximum Gasteiger partial charge on any atom is 0.272 e. The minimum Gasteiger partial charge on any atom is -0.493 e. The van der Waals surface area contributed by atoms with Gasteiger partial charge in [-0.25, -0.2) is 0 Å². The Kier molecular flexibility index (Phi) is 4.99. The van der Waals surface area contributed by atoms with E-state index in [2.05, 4.69) is 15.9 Å². The molecule has 0 atom stereocenters. The fourth-order valence-corrected chi connectivity index (χ4v) is 3.00. The van der Waals surface area contributed by atoms with E-state index in [0.29, 0.717) is 17.9 Å². The van der Waals surface area contributed by atoms with Crippen molar-refractivity contribution in [2.75, 3.05) is 25.2 Å². The van der Waals surface area contributed by atoms with Crippen LogP contribution in [-0.4, -0.2) is 30.1 Å². The summed E-state index contributed by atoms with van der Waals surface area (Å²) in [6, 6.07) is 4.88. The van der Waals surface area contributed by atoms with Gasteiger partial charge in [0.05, 0.1) is 11.5 Å². The summed E-state index contributed by atoms with van der Waals surface area (Å²) in [5.74, 6) is 0.680. The van der Waals surface area contributed by atoms with E-state index in [1.807, 2.05) is 0 Å². The molecule has 1 heterocycles. The van der Waals surface area contributed by atoms with Gasteiger partial charge in [-0.3, -0.25) is 10.1 Å². The van der Waals surface area contributed by atoms with E-state index < -0.39 is 0 Å². The number of halogens is 1. The number of nitro benzene ring substituents is 1. The Labute approximate surface area is 126 Å². The van der Waals surface area contributed by atoms with Crippen LogP contribution in [0.4, 0.5) is 5.69 Å². The largest absolute Gasteiger partial charge is 0.493 e. The molecule has 0 bridgehead atoms.